The van der Waals surface area contributed by atoms with Crippen molar-refractivity contribution in [3.63, 3.8) is 0 Å². The van der Waals surface area contributed by atoms with Gasteiger partial charge in [-0.2, -0.15) is 0 Å². The molecule has 35 heavy (non-hydrogen) atoms. The third kappa shape index (κ3) is 4.72. The molecule has 176 valence electrons. The highest BCUT2D eigenvalue weighted by atomic mass is 16.5. The summed E-state index contributed by atoms with van der Waals surface area (Å²) in [6.45, 7) is 2.82. The highest BCUT2D eigenvalue weighted by Gasteiger charge is 2.32. The smallest absolute Gasteiger partial charge is 0.329 e. The van der Waals surface area contributed by atoms with E-state index in [0.29, 0.717) is 11.1 Å². The number of fused-ring (bicyclic) bond motifs is 2. The van der Waals surface area contributed by atoms with E-state index in [0.717, 1.165) is 0 Å². The van der Waals surface area contributed by atoms with E-state index in [1.807, 2.05) is 0 Å². The van der Waals surface area contributed by atoms with Gasteiger partial charge in [0.1, 0.15) is 6.04 Å². The maximum Gasteiger partial charge on any atom is 0.329 e. The number of hydrogen-bond acceptors (Lipinski definition) is 6. The summed E-state index contributed by atoms with van der Waals surface area (Å²) in [5, 5.41) is 5.11. The topological polar surface area (TPSA) is 119 Å². The van der Waals surface area contributed by atoms with Crippen LogP contribution in [0.25, 0.3) is 0 Å². The fraction of sp³-hybridized carbons (Fsp3) is 0.148. The van der Waals surface area contributed by atoms with E-state index >= 15 is 0 Å². The maximum absolute atomic E-state index is 13.1. The summed E-state index contributed by atoms with van der Waals surface area (Å²) in [4.78, 5) is 63.4. The molecule has 4 rings (SSSR count). The van der Waals surface area contributed by atoms with Crippen LogP contribution in [-0.4, -0.2) is 41.5 Å². The minimum absolute atomic E-state index is 0.0894. The Kier molecular flexibility index (Phi) is 6.55. The Morgan fingerprint density at radius 1 is 0.743 bits per heavy atom. The zero-order valence-corrected chi connectivity index (χ0v) is 19.0. The zero-order valence-electron chi connectivity index (χ0n) is 19.0. The molecule has 1 aliphatic carbocycles. The number of ketones is 2. The number of hydrogen-bond donors (Lipinski definition) is 2. The molecule has 0 aliphatic heterocycles. The van der Waals surface area contributed by atoms with Crippen molar-refractivity contribution >= 4 is 35.0 Å². The fourth-order valence-electron chi connectivity index (χ4n) is 3.74. The van der Waals surface area contributed by atoms with E-state index < -0.39 is 29.9 Å². The third-order valence-electron chi connectivity index (χ3n) is 5.61. The van der Waals surface area contributed by atoms with Crippen LogP contribution in [-0.2, 0) is 14.3 Å². The van der Waals surface area contributed by atoms with Crippen LogP contribution in [0.15, 0.2) is 72.8 Å². The zero-order chi connectivity index (χ0) is 25.1. The second-order valence-corrected chi connectivity index (χ2v) is 8.06. The van der Waals surface area contributed by atoms with E-state index in [1.165, 1.54) is 26.0 Å². The maximum atomic E-state index is 13.1. The second-order valence-electron chi connectivity index (χ2n) is 8.06. The van der Waals surface area contributed by atoms with Gasteiger partial charge >= 0.3 is 5.97 Å². The number of amides is 2. The van der Waals surface area contributed by atoms with Gasteiger partial charge in [0.05, 0.1) is 11.3 Å². The van der Waals surface area contributed by atoms with E-state index in [1.54, 1.807) is 60.7 Å². The molecule has 2 amide bonds. The Morgan fingerprint density at radius 2 is 1.34 bits per heavy atom. The average molecular weight is 470 g/mol. The predicted octanol–water partition coefficient (Wildman–Crippen LogP) is 3.15. The van der Waals surface area contributed by atoms with E-state index in [4.69, 9.17) is 4.74 Å². The van der Waals surface area contributed by atoms with Gasteiger partial charge in [-0.25, -0.2) is 4.79 Å². The number of esters is 1. The van der Waals surface area contributed by atoms with E-state index in [9.17, 15) is 24.0 Å². The lowest BCUT2D eigenvalue weighted by atomic mass is 9.83. The Balaban J connectivity index is 1.44. The van der Waals surface area contributed by atoms with Crippen molar-refractivity contribution in [3.05, 3.63) is 101 Å². The summed E-state index contributed by atoms with van der Waals surface area (Å²) in [5.74, 6) is -2.63. The number of nitrogens with one attached hydrogen (secondary N) is 2. The number of anilines is 1. The van der Waals surface area contributed by atoms with Crippen molar-refractivity contribution in [2.75, 3.05) is 5.32 Å². The van der Waals surface area contributed by atoms with Gasteiger partial charge in [0.15, 0.2) is 17.7 Å². The van der Waals surface area contributed by atoms with Crippen LogP contribution in [0, 0.1) is 0 Å². The number of benzene rings is 3. The molecule has 0 bridgehead atoms. The first-order chi connectivity index (χ1) is 16.8. The van der Waals surface area contributed by atoms with Gasteiger partial charge in [-0.1, -0.05) is 54.6 Å². The van der Waals surface area contributed by atoms with Crippen molar-refractivity contribution in [1.29, 1.82) is 0 Å². The predicted molar refractivity (Wildman–Crippen MR) is 127 cm³/mol. The van der Waals surface area contributed by atoms with Crippen LogP contribution in [0.2, 0.25) is 0 Å². The third-order valence-corrected chi connectivity index (χ3v) is 5.61. The molecule has 8 nitrogen and oxygen atoms in total. The summed E-state index contributed by atoms with van der Waals surface area (Å²) >= 11 is 0. The minimum atomic E-state index is -1.23. The van der Waals surface area contributed by atoms with Crippen LogP contribution < -0.4 is 10.6 Å². The molecule has 2 atom stereocenters. The lowest BCUT2D eigenvalue weighted by Crippen LogP contribution is -2.42. The first-order valence-corrected chi connectivity index (χ1v) is 11.0. The Hall–Kier alpha value is -4.59. The SMILES string of the molecule is CC(NC(=O)c1ccccc1)C(=O)OC(C)C(=O)Nc1cccc2c1C(=O)c1ccccc1C2=O. The number of carbonyl (C=O) groups excluding carboxylic acids is 5. The molecule has 2 N–H and O–H groups in total. The number of ether oxygens (including phenoxy) is 1. The Morgan fingerprint density at radius 3 is 2.03 bits per heavy atom. The monoisotopic (exact) mass is 470 g/mol. The molecule has 3 aromatic carbocycles. The van der Waals surface area contributed by atoms with Gasteiger partial charge in [-0.3, -0.25) is 19.2 Å². The van der Waals surface area contributed by atoms with Crippen molar-refractivity contribution in [1.82, 2.24) is 5.32 Å². The molecule has 0 saturated heterocycles. The fourth-order valence-corrected chi connectivity index (χ4v) is 3.74. The molecule has 1 aliphatic rings. The molecule has 0 radical (unpaired) electrons. The second kappa shape index (κ2) is 9.72. The average Bonchev–Trinajstić information content (AvgIpc) is 2.87. The van der Waals surface area contributed by atoms with E-state index in [-0.39, 0.29) is 33.9 Å². The van der Waals surface area contributed by atoms with Gasteiger partial charge in [0, 0.05) is 22.3 Å². The largest absolute Gasteiger partial charge is 0.451 e. The first kappa shape index (κ1) is 23.6. The summed E-state index contributed by atoms with van der Waals surface area (Å²) < 4.78 is 5.21. The van der Waals surface area contributed by atoms with Crippen molar-refractivity contribution in [2.45, 2.75) is 26.0 Å². The number of carbonyl (C=O) groups is 5. The van der Waals surface area contributed by atoms with Crippen molar-refractivity contribution in [3.8, 4) is 0 Å². The van der Waals surface area contributed by atoms with E-state index in [2.05, 4.69) is 10.6 Å². The molecule has 0 saturated carbocycles. The summed E-state index contributed by atoms with van der Waals surface area (Å²) in [5.41, 5.74) is 1.37. The van der Waals surface area contributed by atoms with Gasteiger partial charge in [0.25, 0.3) is 11.8 Å². The number of rotatable bonds is 6. The standard InChI is InChI=1S/C27H22N2O6/c1-15(28-26(33)17-9-4-3-5-10-17)27(34)35-16(2)25(32)29-21-14-8-13-20-22(21)24(31)19-12-7-6-11-18(19)23(20)30/h3-16H,1-2H3,(H,28,33)(H,29,32). The summed E-state index contributed by atoms with van der Waals surface area (Å²) in [6, 6.07) is 18.5. The molecule has 0 aromatic heterocycles. The van der Waals surface area contributed by atoms with Crippen LogP contribution >= 0.6 is 0 Å². The molecule has 0 fully saturated rings. The van der Waals surface area contributed by atoms with Crippen LogP contribution in [0.1, 0.15) is 56.0 Å². The normalized spacial score (nSPS) is 13.7. The molecular weight excluding hydrogens is 448 g/mol. The van der Waals surface area contributed by atoms with Gasteiger partial charge in [-0.05, 0) is 32.0 Å². The molecule has 3 aromatic rings. The lowest BCUT2D eigenvalue weighted by Gasteiger charge is -2.21. The first-order valence-electron chi connectivity index (χ1n) is 11.0. The molecule has 2 unspecified atom stereocenters. The molecule has 0 heterocycles. The highest BCUT2D eigenvalue weighted by Crippen LogP contribution is 2.32. The molecular formula is C27H22N2O6. The summed E-state index contributed by atoms with van der Waals surface area (Å²) in [7, 11) is 0. The van der Waals surface area contributed by atoms with Gasteiger partial charge in [-0.15, -0.1) is 0 Å². The van der Waals surface area contributed by atoms with Crippen LogP contribution in [0.3, 0.4) is 0 Å². The molecule has 0 spiro atoms. The lowest BCUT2D eigenvalue weighted by molar-refractivity contribution is -0.154. The van der Waals surface area contributed by atoms with Gasteiger partial charge < -0.3 is 15.4 Å². The quantitative estimate of drug-likeness (QED) is 0.418. The highest BCUT2D eigenvalue weighted by molar-refractivity contribution is 6.30. The minimum Gasteiger partial charge on any atom is -0.451 e. The van der Waals surface area contributed by atoms with Crippen molar-refractivity contribution < 1.29 is 28.7 Å². The Bertz CT molecular complexity index is 1350. The van der Waals surface area contributed by atoms with Crippen molar-refractivity contribution in [2.24, 2.45) is 0 Å². The van der Waals surface area contributed by atoms with Crippen LogP contribution in [0.4, 0.5) is 5.69 Å². The Labute approximate surface area is 201 Å². The van der Waals surface area contributed by atoms with Gasteiger partial charge in [0.2, 0.25) is 0 Å². The molecule has 8 heteroatoms. The summed E-state index contributed by atoms with van der Waals surface area (Å²) in [6.07, 6.45) is -1.23. The van der Waals surface area contributed by atoms with Crippen LogP contribution in [0.5, 0.6) is 0 Å².